The fourth-order valence-electron chi connectivity index (χ4n) is 2.89. The van der Waals surface area contributed by atoms with E-state index in [2.05, 4.69) is 14.9 Å². The second kappa shape index (κ2) is 7.29. The molecule has 6 heteroatoms. The molecule has 0 spiro atoms. The number of hydrogen-bond donors (Lipinski definition) is 1. The number of aryl methyl sites for hydroxylation is 1. The van der Waals surface area contributed by atoms with E-state index in [-0.39, 0.29) is 24.7 Å². The summed E-state index contributed by atoms with van der Waals surface area (Å²) in [6, 6.07) is 7.69. The number of benzene rings is 1. The molecule has 6 nitrogen and oxygen atoms in total. The van der Waals surface area contributed by atoms with Gasteiger partial charge in [-0.3, -0.25) is 9.59 Å². The van der Waals surface area contributed by atoms with Gasteiger partial charge in [0.1, 0.15) is 5.82 Å². The molecule has 24 heavy (non-hydrogen) atoms. The van der Waals surface area contributed by atoms with Crippen molar-refractivity contribution in [1.29, 1.82) is 0 Å². The number of esters is 1. The highest BCUT2D eigenvalue weighted by Gasteiger charge is 2.16. The Balaban J connectivity index is 1.58. The quantitative estimate of drug-likeness (QED) is 0.828. The highest BCUT2D eigenvalue weighted by molar-refractivity contribution is 5.92. The van der Waals surface area contributed by atoms with Crippen LogP contribution in [0.3, 0.4) is 0 Å². The third-order valence-electron chi connectivity index (χ3n) is 4.05. The van der Waals surface area contributed by atoms with E-state index >= 15 is 0 Å². The molecule has 0 saturated heterocycles. The van der Waals surface area contributed by atoms with Gasteiger partial charge in [0.2, 0.25) is 5.91 Å². The number of fused-ring (bicyclic) bond motifs is 1. The lowest BCUT2D eigenvalue weighted by Crippen LogP contribution is -2.14. The van der Waals surface area contributed by atoms with Gasteiger partial charge in [0.05, 0.1) is 24.9 Å². The number of nitrogens with zero attached hydrogens (tertiary/aromatic N) is 2. The van der Waals surface area contributed by atoms with Crippen LogP contribution in [0.5, 0.6) is 0 Å². The lowest BCUT2D eigenvalue weighted by Gasteiger charge is -2.08. The van der Waals surface area contributed by atoms with Gasteiger partial charge in [-0.15, -0.1) is 0 Å². The standard InChI is InChI=1S/C18H21N3O3/c1-2-24-18(23)10-9-17(22)20-14-7-5-13(6-8-14)15-12-19-16-4-3-11-21(15)16/h5-8,12H,2-4,9-11H2,1H3,(H,20,22). The van der Waals surface area contributed by atoms with Crippen LogP contribution in [-0.2, 0) is 27.3 Å². The lowest BCUT2D eigenvalue weighted by molar-refractivity contribution is -0.144. The van der Waals surface area contributed by atoms with E-state index in [0.717, 1.165) is 36.5 Å². The Kier molecular flexibility index (Phi) is 4.93. The predicted molar refractivity (Wildman–Crippen MR) is 90.5 cm³/mol. The van der Waals surface area contributed by atoms with Gasteiger partial charge in [-0.25, -0.2) is 4.98 Å². The summed E-state index contributed by atoms with van der Waals surface area (Å²) >= 11 is 0. The van der Waals surface area contributed by atoms with Crippen molar-refractivity contribution in [2.24, 2.45) is 0 Å². The zero-order valence-electron chi connectivity index (χ0n) is 13.7. The van der Waals surface area contributed by atoms with E-state index in [9.17, 15) is 9.59 Å². The van der Waals surface area contributed by atoms with Crippen LogP contribution in [0.1, 0.15) is 32.0 Å². The highest BCUT2D eigenvalue weighted by atomic mass is 16.5. The van der Waals surface area contributed by atoms with Crippen molar-refractivity contribution >= 4 is 17.6 Å². The molecule has 126 valence electrons. The first-order valence-electron chi connectivity index (χ1n) is 8.27. The number of amides is 1. The molecule has 0 saturated carbocycles. The van der Waals surface area contributed by atoms with Crippen LogP contribution in [0.25, 0.3) is 11.3 Å². The lowest BCUT2D eigenvalue weighted by atomic mass is 10.1. The molecule has 0 bridgehead atoms. The molecule has 0 aliphatic carbocycles. The van der Waals surface area contributed by atoms with Crippen LogP contribution < -0.4 is 5.32 Å². The Morgan fingerprint density at radius 1 is 1.25 bits per heavy atom. The molecule has 2 aromatic rings. The predicted octanol–water partition coefficient (Wildman–Crippen LogP) is 2.78. The third-order valence-corrected chi connectivity index (χ3v) is 4.05. The number of ether oxygens (including phenoxy) is 1. The topological polar surface area (TPSA) is 73.2 Å². The van der Waals surface area contributed by atoms with Crippen molar-refractivity contribution in [3.8, 4) is 11.3 Å². The van der Waals surface area contributed by atoms with Crippen LogP contribution in [0.15, 0.2) is 30.5 Å². The Bertz CT molecular complexity index is 734. The minimum absolute atomic E-state index is 0.0969. The first kappa shape index (κ1) is 16.2. The molecular formula is C18H21N3O3. The van der Waals surface area contributed by atoms with Gasteiger partial charge in [-0.05, 0) is 31.0 Å². The van der Waals surface area contributed by atoms with Crippen LogP contribution in [0.2, 0.25) is 0 Å². The minimum atomic E-state index is -0.349. The number of anilines is 1. The number of aromatic nitrogens is 2. The number of hydrogen-bond acceptors (Lipinski definition) is 4. The Morgan fingerprint density at radius 3 is 2.79 bits per heavy atom. The maximum atomic E-state index is 11.9. The maximum absolute atomic E-state index is 11.9. The Hall–Kier alpha value is -2.63. The van der Waals surface area contributed by atoms with E-state index < -0.39 is 0 Å². The molecule has 0 fully saturated rings. The number of carbonyl (C=O) groups is 2. The van der Waals surface area contributed by atoms with Gasteiger partial charge in [-0.2, -0.15) is 0 Å². The van der Waals surface area contributed by atoms with E-state index in [0.29, 0.717) is 12.3 Å². The van der Waals surface area contributed by atoms with Crippen molar-refractivity contribution in [1.82, 2.24) is 9.55 Å². The first-order chi connectivity index (χ1) is 11.7. The van der Waals surface area contributed by atoms with E-state index in [1.807, 2.05) is 30.5 Å². The van der Waals surface area contributed by atoms with Crippen molar-refractivity contribution in [2.45, 2.75) is 39.2 Å². The smallest absolute Gasteiger partial charge is 0.306 e. The summed E-state index contributed by atoms with van der Waals surface area (Å²) in [4.78, 5) is 27.6. The molecular weight excluding hydrogens is 306 g/mol. The minimum Gasteiger partial charge on any atom is -0.466 e. The normalized spacial score (nSPS) is 12.7. The molecule has 0 atom stereocenters. The fraction of sp³-hybridized carbons (Fsp3) is 0.389. The average Bonchev–Trinajstić information content (AvgIpc) is 3.17. The zero-order valence-corrected chi connectivity index (χ0v) is 13.7. The van der Waals surface area contributed by atoms with Crippen molar-refractivity contribution < 1.29 is 14.3 Å². The largest absolute Gasteiger partial charge is 0.466 e. The van der Waals surface area contributed by atoms with Gasteiger partial charge in [0.15, 0.2) is 0 Å². The van der Waals surface area contributed by atoms with Gasteiger partial charge in [0, 0.05) is 25.1 Å². The molecule has 0 radical (unpaired) electrons. The molecule has 3 rings (SSSR count). The third kappa shape index (κ3) is 3.64. The summed E-state index contributed by atoms with van der Waals surface area (Å²) in [6.07, 6.45) is 4.30. The fourth-order valence-corrected chi connectivity index (χ4v) is 2.89. The number of nitrogens with one attached hydrogen (secondary N) is 1. The van der Waals surface area contributed by atoms with Crippen molar-refractivity contribution in [2.75, 3.05) is 11.9 Å². The summed E-state index contributed by atoms with van der Waals surface area (Å²) in [6.45, 7) is 3.09. The summed E-state index contributed by atoms with van der Waals surface area (Å²) in [5, 5.41) is 2.80. The van der Waals surface area contributed by atoms with Crippen molar-refractivity contribution in [3.63, 3.8) is 0 Å². The SMILES string of the molecule is CCOC(=O)CCC(=O)Nc1ccc(-c2cnc3n2CCC3)cc1. The molecule has 1 aromatic heterocycles. The maximum Gasteiger partial charge on any atom is 0.306 e. The average molecular weight is 327 g/mol. The number of carbonyl (C=O) groups excluding carboxylic acids is 2. The van der Waals surface area contributed by atoms with Gasteiger partial charge in [0.25, 0.3) is 0 Å². The Morgan fingerprint density at radius 2 is 2.04 bits per heavy atom. The number of imidazole rings is 1. The second-order valence-corrected chi connectivity index (χ2v) is 5.75. The van der Waals surface area contributed by atoms with E-state index in [1.54, 1.807) is 6.92 Å². The van der Waals surface area contributed by atoms with E-state index in [1.165, 1.54) is 0 Å². The molecule has 1 N–H and O–H groups in total. The van der Waals surface area contributed by atoms with Crippen molar-refractivity contribution in [3.05, 3.63) is 36.3 Å². The first-order valence-corrected chi connectivity index (χ1v) is 8.27. The van der Waals surface area contributed by atoms with E-state index in [4.69, 9.17) is 4.74 Å². The monoisotopic (exact) mass is 327 g/mol. The second-order valence-electron chi connectivity index (χ2n) is 5.75. The van der Waals surface area contributed by atoms with Crippen LogP contribution in [-0.4, -0.2) is 28.0 Å². The van der Waals surface area contributed by atoms with Gasteiger partial charge < -0.3 is 14.6 Å². The molecule has 2 heterocycles. The molecule has 1 aliphatic rings. The molecule has 1 aromatic carbocycles. The van der Waals surface area contributed by atoms with Gasteiger partial charge >= 0.3 is 5.97 Å². The van der Waals surface area contributed by atoms with Gasteiger partial charge in [-0.1, -0.05) is 12.1 Å². The summed E-state index contributed by atoms with van der Waals surface area (Å²) in [5.74, 6) is 0.597. The summed E-state index contributed by atoms with van der Waals surface area (Å²) < 4.78 is 7.05. The summed E-state index contributed by atoms with van der Waals surface area (Å²) in [7, 11) is 0. The number of rotatable bonds is 6. The van der Waals surface area contributed by atoms with Crippen LogP contribution >= 0.6 is 0 Å². The summed E-state index contributed by atoms with van der Waals surface area (Å²) in [5.41, 5.74) is 2.91. The Labute approximate surface area is 140 Å². The van der Waals surface area contributed by atoms with Crippen LogP contribution in [0.4, 0.5) is 5.69 Å². The van der Waals surface area contributed by atoms with Crippen LogP contribution in [0, 0.1) is 0 Å². The molecule has 1 amide bonds. The zero-order chi connectivity index (χ0) is 16.9. The molecule has 1 aliphatic heterocycles. The highest BCUT2D eigenvalue weighted by Crippen LogP contribution is 2.26. The molecule has 0 unspecified atom stereocenters.